The van der Waals surface area contributed by atoms with E-state index in [0.717, 1.165) is 16.6 Å². The van der Waals surface area contributed by atoms with Gasteiger partial charge in [0, 0.05) is 5.56 Å². The van der Waals surface area contributed by atoms with Crippen LogP contribution in [0.3, 0.4) is 0 Å². The van der Waals surface area contributed by atoms with E-state index >= 15 is 0 Å². The number of anilines is 1. The van der Waals surface area contributed by atoms with Crippen LogP contribution < -0.4 is 15.8 Å². The van der Waals surface area contributed by atoms with Gasteiger partial charge in [-0.15, -0.1) is 0 Å². The molecule has 2 heterocycles. The van der Waals surface area contributed by atoms with Gasteiger partial charge in [0.1, 0.15) is 0 Å². The first-order valence-corrected chi connectivity index (χ1v) is 7.60. The molecule has 1 aliphatic heterocycles. The lowest BCUT2D eigenvalue weighted by atomic mass is 10.1. The van der Waals surface area contributed by atoms with Crippen molar-refractivity contribution in [2.75, 3.05) is 12.4 Å². The third-order valence-corrected chi connectivity index (χ3v) is 4.20. The van der Waals surface area contributed by atoms with Gasteiger partial charge < -0.3 is 15.6 Å². The summed E-state index contributed by atoms with van der Waals surface area (Å²) in [6.45, 7) is 0. The van der Waals surface area contributed by atoms with Crippen molar-refractivity contribution >= 4 is 34.5 Å². The molecule has 0 bridgehead atoms. The van der Waals surface area contributed by atoms with E-state index in [-0.39, 0.29) is 22.5 Å². The molecule has 0 saturated carbocycles. The fourth-order valence-corrected chi connectivity index (χ4v) is 3.06. The van der Waals surface area contributed by atoms with Crippen LogP contribution >= 0.6 is 11.6 Å². The molecule has 0 fully saturated rings. The van der Waals surface area contributed by atoms with Crippen LogP contribution in [-0.4, -0.2) is 27.7 Å². The number of methoxy groups -OCH3 is 1. The van der Waals surface area contributed by atoms with Crippen molar-refractivity contribution in [2.24, 2.45) is 10.7 Å². The van der Waals surface area contributed by atoms with Crippen LogP contribution in [0.5, 0.6) is 11.5 Å². The number of ether oxygens (including phenoxy) is 1. The Kier molecular flexibility index (Phi) is 3.24. The summed E-state index contributed by atoms with van der Waals surface area (Å²) in [5.74, 6) is 1.02. The van der Waals surface area contributed by atoms with Gasteiger partial charge in [0.2, 0.25) is 5.95 Å². The standard InChI is InChI=1S/C16H14ClN5O2/c1-24-12-7-8(6-9(17)13(12)23)14-20-15(18)21-16-19-10-4-2-3-5-11(10)22(14)16/h2-7,14,23H,1H3,(H3,18,19,20,21)/t14-/m1/s1. The van der Waals surface area contributed by atoms with Gasteiger partial charge in [-0.05, 0) is 24.3 Å². The number of benzene rings is 2. The summed E-state index contributed by atoms with van der Waals surface area (Å²) in [6, 6.07) is 11.1. The molecule has 1 aliphatic rings. The molecular formula is C16H14ClN5O2. The van der Waals surface area contributed by atoms with Crippen LogP contribution in [0.25, 0.3) is 11.0 Å². The van der Waals surface area contributed by atoms with Gasteiger partial charge in [-0.2, -0.15) is 0 Å². The van der Waals surface area contributed by atoms with E-state index < -0.39 is 6.17 Å². The van der Waals surface area contributed by atoms with Gasteiger partial charge in [0.25, 0.3) is 0 Å². The third-order valence-electron chi connectivity index (χ3n) is 3.91. The number of nitrogens with two attached hydrogens (primary N) is 1. The summed E-state index contributed by atoms with van der Waals surface area (Å²) in [4.78, 5) is 9.01. The van der Waals surface area contributed by atoms with E-state index in [1.807, 2.05) is 28.8 Å². The Bertz CT molecular complexity index is 982. The molecule has 0 unspecified atom stereocenters. The number of phenols is 1. The first kappa shape index (κ1) is 14.6. The topological polar surface area (TPSA) is 97.7 Å². The normalized spacial score (nSPS) is 16.4. The number of para-hydroxylation sites is 2. The molecule has 0 radical (unpaired) electrons. The second kappa shape index (κ2) is 5.31. The molecule has 4 N–H and O–H groups in total. The van der Waals surface area contributed by atoms with Crippen molar-refractivity contribution in [1.29, 1.82) is 0 Å². The number of aliphatic imine (C=N–C) groups is 1. The Labute approximate surface area is 142 Å². The molecule has 0 aliphatic carbocycles. The molecule has 1 atom stereocenters. The smallest absolute Gasteiger partial charge is 0.212 e. The predicted octanol–water partition coefficient (Wildman–Crippen LogP) is 2.69. The number of hydrogen-bond acceptors (Lipinski definition) is 6. The van der Waals surface area contributed by atoms with E-state index in [0.29, 0.717) is 5.95 Å². The number of rotatable bonds is 2. The van der Waals surface area contributed by atoms with Crippen LogP contribution in [-0.2, 0) is 0 Å². The minimum Gasteiger partial charge on any atom is -0.503 e. The number of nitrogens with one attached hydrogen (secondary N) is 1. The molecule has 0 spiro atoms. The van der Waals surface area contributed by atoms with Gasteiger partial charge in [-0.1, -0.05) is 23.7 Å². The first-order chi connectivity index (χ1) is 11.6. The summed E-state index contributed by atoms with van der Waals surface area (Å²) in [5.41, 5.74) is 8.37. The number of guanidine groups is 1. The number of aromatic hydroxyl groups is 1. The molecular weight excluding hydrogens is 330 g/mol. The maximum absolute atomic E-state index is 9.95. The molecule has 122 valence electrons. The minimum atomic E-state index is -0.472. The number of phenolic OH excluding ortho intramolecular Hbond substituents is 1. The highest BCUT2D eigenvalue weighted by Crippen LogP contribution is 2.40. The molecule has 8 heteroatoms. The molecule has 0 saturated heterocycles. The summed E-state index contributed by atoms with van der Waals surface area (Å²) in [5, 5.41) is 13.1. The maximum atomic E-state index is 9.95. The molecule has 4 rings (SSSR count). The lowest BCUT2D eigenvalue weighted by Crippen LogP contribution is -2.31. The quantitative estimate of drug-likeness (QED) is 0.664. The number of hydrogen-bond donors (Lipinski definition) is 3. The van der Waals surface area contributed by atoms with E-state index in [2.05, 4.69) is 15.3 Å². The first-order valence-electron chi connectivity index (χ1n) is 7.22. The van der Waals surface area contributed by atoms with Crippen molar-refractivity contribution in [3.8, 4) is 11.5 Å². The van der Waals surface area contributed by atoms with Crippen LogP contribution in [0.2, 0.25) is 5.02 Å². The average molecular weight is 344 g/mol. The molecule has 3 aromatic rings. The summed E-state index contributed by atoms with van der Waals surface area (Å²) in [7, 11) is 1.47. The number of nitrogens with zero attached hydrogens (tertiary/aromatic N) is 3. The van der Waals surface area contributed by atoms with Crippen molar-refractivity contribution < 1.29 is 9.84 Å². The molecule has 0 amide bonds. The van der Waals surface area contributed by atoms with E-state index in [4.69, 9.17) is 22.1 Å². The Morgan fingerprint density at radius 3 is 2.92 bits per heavy atom. The summed E-state index contributed by atoms with van der Waals surface area (Å²) >= 11 is 6.12. The predicted molar refractivity (Wildman–Crippen MR) is 92.8 cm³/mol. The SMILES string of the molecule is COc1cc([C@@H]2N=C(N)Nc3nc4ccccc4n32)cc(Cl)c1O. The minimum absolute atomic E-state index is 0.107. The van der Waals surface area contributed by atoms with Gasteiger partial charge in [-0.3, -0.25) is 9.88 Å². The van der Waals surface area contributed by atoms with Crippen molar-refractivity contribution in [2.45, 2.75) is 6.17 Å². The average Bonchev–Trinajstić information content (AvgIpc) is 2.94. The zero-order valence-corrected chi connectivity index (χ0v) is 13.4. The highest BCUT2D eigenvalue weighted by atomic mass is 35.5. The Balaban J connectivity index is 1.96. The number of halogens is 1. The molecule has 2 aromatic carbocycles. The number of fused-ring (bicyclic) bond motifs is 3. The fourth-order valence-electron chi connectivity index (χ4n) is 2.84. The summed E-state index contributed by atoms with van der Waals surface area (Å²) in [6.07, 6.45) is -0.472. The van der Waals surface area contributed by atoms with Crippen molar-refractivity contribution in [1.82, 2.24) is 9.55 Å². The van der Waals surface area contributed by atoms with Gasteiger partial charge in [-0.25, -0.2) is 9.98 Å². The van der Waals surface area contributed by atoms with Crippen LogP contribution in [0.1, 0.15) is 11.7 Å². The van der Waals surface area contributed by atoms with Gasteiger partial charge in [0.05, 0.1) is 23.2 Å². The Hall–Kier alpha value is -2.93. The van der Waals surface area contributed by atoms with Crippen molar-refractivity contribution in [3.63, 3.8) is 0 Å². The highest BCUT2D eigenvalue weighted by molar-refractivity contribution is 6.32. The molecule has 7 nitrogen and oxygen atoms in total. The fraction of sp³-hybridized carbons (Fsp3) is 0.125. The largest absolute Gasteiger partial charge is 0.503 e. The van der Waals surface area contributed by atoms with E-state index in [9.17, 15) is 5.11 Å². The van der Waals surface area contributed by atoms with Gasteiger partial charge in [0.15, 0.2) is 23.6 Å². The van der Waals surface area contributed by atoms with Crippen LogP contribution in [0.4, 0.5) is 5.95 Å². The summed E-state index contributed by atoms with van der Waals surface area (Å²) < 4.78 is 7.11. The lowest BCUT2D eigenvalue weighted by molar-refractivity contribution is 0.372. The molecule has 1 aromatic heterocycles. The zero-order valence-electron chi connectivity index (χ0n) is 12.7. The van der Waals surface area contributed by atoms with E-state index in [1.54, 1.807) is 12.1 Å². The van der Waals surface area contributed by atoms with E-state index in [1.165, 1.54) is 7.11 Å². The number of aromatic nitrogens is 2. The Morgan fingerprint density at radius 2 is 2.12 bits per heavy atom. The van der Waals surface area contributed by atoms with Gasteiger partial charge >= 0.3 is 0 Å². The maximum Gasteiger partial charge on any atom is 0.212 e. The lowest BCUT2D eigenvalue weighted by Gasteiger charge is -2.24. The van der Waals surface area contributed by atoms with Crippen molar-refractivity contribution in [3.05, 3.63) is 47.0 Å². The van der Waals surface area contributed by atoms with Crippen LogP contribution in [0.15, 0.2) is 41.4 Å². The monoisotopic (exact) mass is 343 g/mol. The molecule has 24 heavy (non-hydrogen) atoms. The third kappa shape index (κ3) is 2.13. The number of imidazole rings is 1. The second-order valence-electron chi connectivity index (χ2n) is 5.36. The highest BCUT2D eigenvalue weighted by Gasteiger charge is 2.26. The Morgan fingerprint density at radius 1 is 1.33 bits per heavy atom. The zero-order chi connectivity index (χ0) is 16.8. The second-order valence-corrected chi connectivity index (χ2v) is 5.77. The van der Waals surface area contributed by atoms with Crippen LogP contribution in [0, 0.1) is 0 Å².